The molecule has 0 radical (unpaired) electrons. The molecular formula is C25H36FN3O2. The normalized spacial score (nSPS) is 21.7. The van der Waals surface area contributed by atoms with Gasteiger partial charge in [-0.05, 0) is 37.8 Å². The van der Waals surface area contributed by atoms with E-state index < -0.39 is 5.41 Å². The fourth-order valence-electron chi connectivity index (χ4n) is 5.13. The summed E-state index contributed by atoms with van der Waals surface area (Å²) in [6, 6.07) is 5.57. The predicted molar refractivity (Wildman–Crippen MR) is 121 cm³/mol. The van der Waals surface area contributed by atoms with Gasteiger partial charge in [0.2, 0.25) is 11.8 Å². The Hall–Kier alpha value is -2.11. The molecule has 1 saturated heterocycles. The number of carbonyl (C=O) groups is 2. The molecule has 6 heteroatoms. The molecule has 1 aromatic carbocycles. The Balaban J connectivity index is 1.40. The maximum atomic E-state index is 15.2. The van der Waals surface area contributed by atoms with Gasteiger partial charge in [0.05, 0.1) is 5.41 Å². The van der Waals surface area contributed by atoms with Crippen molar-refractivity contribution in [1.29, 1.82) is 0 Å². The van der Waals surface area contributed by atoms with E-state index in [1.54, 1.807) is 6.07 Å². The maximum absolute atomic E-state index is 15.2. The Bertz CT molecular complexity index is 805. The molecule has 2 aliphatic carbocycles. The highest BCUT2D eigenvalue weighted by atomic mass is 19.1. The van der Waals surface area contributed by atoms with Crippen molar-refractivity contribution in [1.82, 2.24) is 10.2 Å². The third-order valence-electron chi connectivity index (χ3n) is 7.29. The van der Waals surface area contributed by atoms with E-state index in [-0.39, 0.29) is 29.6 Å². The van der Waals surface area contributed by atoms with Gasteiger partial charge in [-0.15, -0.1) is 0 Å². The van der Waals surface area contributed by atoms with Gasteiger partial charge in [0.25, 0.3) is 0 Å². The zero-order valence-corrected chi connectivity index (χ0v) is 19.0. The minimum absolute atomic E-state index is 0.00198. The van der Waals surface area contributed by atoms with Gasteiger partial charge in [-0.3, -0.25) is 9.59 Å². The lowest BCUT2D eigenvalue weighted by molar-refractivity contribution is -0.134. The number of piperazine rings is 1. The summed E-state index contributed by atoms with van der Waals surface area (Å²) in [5.41, 5.74) is 0.686. The van der Waals surface area contributed by atoms with E-state index in [1.165, 1.54) is 12.8 Å². The number of carbonyl (C=O) groups excluding carboxylic acids is 2. The summed E-state index contributed by atoms with van der Waals surface area (Å²) in [4.78, 5) is 29.3. The van der Waals surface area contributed by atoms with Crippen LogP contribution in [0.25, 0.3) is 0 Å². The number of anilines is 1. The second-order valence-corrected chi connectivity index (χ2v) is 9.88. The van der Waals surface area contributed by atoms with Crippen molar-refractivity contribution in [3.8, 4) is 0 Å². The topological polar surface area (TPSA) is 52.7 Å². The minimum atomic E-state index is -0.683. The van der Waals surface area contributed by atoms with E-state index in [2.05, 4.69) is 10.2 Å². The van der Waals surface area contributed by atoms with E-state index in [0.717, 1.165) is 44.2 Å². The number of rotatable bonds is 5. The summed E-state index contributed by atoms with van der Waals surface area (Å²) in [6.07, 6.45) is 8.33. The largest absolute Gasteiger partial charge is 0.368 e. The van der Waals surface area contributed by atoms with E-state index >= 15 is 4.39 Å². The third kappa shape index (κ3) is 4.73. The number of benzene rings is 1. The van der Waals surface area contributed by atoms with Crippen LogP contribution in [0.4, 0.5) is 10.1 Å². The summed E-state index contributed by atoms with van der Waals surface area (Å²) in [7, 11) is 0. The molecule has 2 saturated carbocycles. The first kappa shape index (κ1) is 22.1. The molecule has 1 aromatic rings. The van der Waals surface area contributed by atoms with Crippen molar-refractivity contribution in [3.63, 3.8) is 0 Å². The zero-order chi connectivity index (χ0) is 22.0. The summed E-state index contributed by atoms with van der Waals surface area (Å²) in [5, 5.41) is 3.24. The highest BCUT2D eigenvalue weighted by Gasteiger charge is 2.53. The Morgan fingerprint density at radius 2 is 1.68 bits per heavy atom. The van der Waals surface area contributed by atoms with Gasteiger partial charge in [-0.2, -0.15) is 0 Å². The molecule has 3 fully saturated rings. The molecule has 0 unspecified atom stereocenters. The number of nitrogens with zero attached hydrogens (tertiary/aromatic N) is 2. The number of nitrogens with one attached hydrogen (secondary N) is 1. The standard InChI is InChI=1S/C25H36FN3O2/c1-18(2)23(30)29-15-13-28(14-16-29)20-9-10-21(22(26)17-20)25(11-12-25)24(31)27-19-7-5-3-4-6-8-19/h9-10,17-19H,3-8,11-16H2,1-2H3,(H,27,31). The van der Waals surface area contributed by atoms with E-state index in [0.29, 0.717) is 31.7 Å². The van der Waals surface area contributed by atoms with Gasteiger partial charge in [0.1, 0.15) is 5.82 Å². The number of halogens is 1. The Kier molecular flexibility index (Phi) is 6.54. The average Bonchev–Trinajstić information content (AvgIpc) is 3.59. The van der Waals surface area contributed by atoms with Crippen LogP contribution < -0.4 is 10.2 Å². The molecule has 0 atom stereocenters. The fourth-order valence-corrected chi connectivity index (χ4v) is 5.13. The van der Waals surface area contributed by atoms with Crippen molar-refractivity contribution < 1.29 is 14.0 Å². The van der Waals surface area contributed by atoms with Crippen LogP contribution in [0.2, 0.25) is 0 Å². The van der Waals surface area contributed by atoms with Crippen LogP contribution in [0.15, 0.2) is 18.2 Å². The first-order valence-electron chi connectivity index (χ1n) is 12.1. The molecule has 0 bridgehead atoms. The molecule has 170 valence electrons. The average molecular weight is 430 g/mol. The fraction of sp³-hybridized carbons (Fsp3) is 0.680. The molecule has 1 heterocycles. The lowest BCUT2D eigenvalue weighted by Crippen LogP contribution is -2.50. The zero-order valence-electron chi connectivity index (χ0n) is 19.0. The Labute approximate surface area is 185 Å². The van der Waals surface area contributed by atoms with Crippen LogP contribution in [0.1, 0.15) is 70.8 Å². The summed E-state index contributed by atoms with van der Waals surface area (Å²) < 4.78 is 15.2. The molecule has 1 N–H and O–H groups in total. The maximum Gasteiger partial charge on any atom is 0.230 e. The monoisotopic (exact) mass is 429 g/mol. The van der Waals surface area contributed by atoms with Gasteiger partial charge in [-0.1, -0.05) is 45.6 Å². The second-order valence-electron chi connectivity index (χ2n) is 9.88. The molecule has 3 aliphatic rings. The highest BCUT2D eigenvalue weighted by Crippen LogP contribution is 2.50. The van der Waals surface area contributed by atoms with E-state index in [4.69, 9.17) is 0 Å². The molecule has 0 aromatic heterocycles. The Morgan fingerprint density at radius 3 is 2.23 bits per heavy atom. The van der Waals surface area contributed by atoms with E-state index in [1.807, 2.05) is 30.9 Å². The van der Waals surface area contributed by atoms with Crippen molar-refractivity contribution in [2.24, 2.45) is 5.92 Å². The lowest BCUT2D eigenvalue weighted by Gasteiger charge is -2.37. The van der Waals surface area contributed by atoms with Crippen LogP contribution in [-0.4, -0.2) is 48.9 Å². The molecule has 1 aliphatic heterocycles. The van der Waals surface area contributed by atoms with Crippen molar-refractivity contribution >= 4 is 17.5 Å². The summed E-state index contributed by atoms with van der Waals surface area (Å²) in [5.74, 6) is -0.0998. The first-order chi connectivity index (χ1) is 14.9. The van der Waals surface area contributed by atoms with Crippen LogP contribution in [-0.2, 0) is 15.0 Å². The van der Waals surface area contributed by atoms with E-state index in [9.17, 15) is 9.59 Å². The summed E-state index contributed by atoms with van der Waals surface area (Å²) >= 11 is 0. The van der Waals surface area contributed by atoms with Gasteiger partial charge in [0.15, 0.2) is 0 Å². The molecular weight excluding hydrogens is 393 g/mol. The summed E-state index contributed by atoms with van der Waals surface area (Å²) in [6.45, 7) is 6.56. The smallest absolute Gasteiger partial charge is 0.230 e. The van der Waals surface area contributed by atoms with Gasteiger partial charge in [-0.25, -0.2) is 4.39 Å². The molecule has 5 nitrogen and oxygen atoms in total. The SMILES string of the molecule is CC(C)C(=O)N1CCN(c2ccc(C3(C(=O)NC4CCCCCC4)CC3)c(F)c2)CC1. The molecule has 31 heavy (non-hydrogen) atoms. The number of amides is 2. The van der Waals surface area contributed by atoms with Crippen molar-refractivity contribution in [3.05, 3.63) is 29.6 Å². The van der Waals surface area contributed by atoms with Crippen LogP contribution in [0.3, 0.4) is 0 Å². The third-order valence-corrected chi connectivity index (χ3v) is 7.29. The molecule has 4 rings (SSSR count). The van der Waals surface area contributed by atoms with Gasteiger partial charge in [0, 0.05) is 49.4 Å². The highest BCUT2D eigenvalue weighted by molar-refractivity contribution is 5.91. The minimum Gasteiger partial charge on any atom is -0.368 e. The van der Waals surface area contributed by atoms with Gasteiger partial charge < -0.3 is 15.1 Å². The first-order valence-corrected chi connectivity index (χ1v) is 12.1. The van der Waals surface area contributed by atoms with Crippen LogP contribution in [0, 0.1) is 11.7 Å². The number of hydrogen-bond donors (Lipinski definition) is 1. The lowest BCUT2D eigenvalue weighted by atomic mass is 9.93. The molecule has 0 spiro atoms. The number of hydrogen-bond acceptors (Lipinski definition) is 3. The predicted octanol–water partition coefficient (Wildman–Crippen LogP) is 4.00. The Morgan fingerprint density at radius 1 is 1.03 bits per heavy atom. The molecule has 2 amide bonds. The van der Waals surface area contributed by atoms with Gasteiger partial charge >= 0.3 is 0 Å². The van der Waals surface area contributed by atoms with Crippen molar-refractivity contribution in [2.75, 3.05) is 31.1 Å². The van der Waals surface area contributed by atoms with Crippen LogP contribution >= 0.6 is 0 Å². The second kappa shape index (κ2) is 9.17. The van der Waals surface area contributed by atoms with Crippen LogP contribution in [0.5, 0.6) is 0 Å². The van der Waals surface area contributed by atoms with Crippen molar-refractivity contribution in [2.45, 2.75) is 76.7 Å². The quantitative estimate of drug-likeness (QED) is 0.720.